The fourth-order valence-electron chi connectivity index (χ4n) is 3.99. The molecule has 2 heterocycles. The van der Waals surface area contributed by atoms with E-state index >= 15 is 0 Å². The summed E-state index contributed by atoms with van der Waals surface area (Å²) in [6.07, 6.45) is 1.07. The first kappa shape index (κ1) is 25.3. The summed E-state index contributed by atoms with van der Waals surface area (Å²) in [5.41, 5.74) is 2.25. The fraction of sp³-hybridized carbons (Fsp3) is 0.400. The first-order chi connectivity index (χ1) is 15.5. The van der Waals surface area contributed by atoms with Crippen LogP contribution < -0.4 is 15.5 Å². The van der Waals surface area contributed by atoms with Crippen LogP contribution in [-0.4, -0.2) is 36.8 Å². The van der Waals surface area contributed by atoms with Crippen molar-refractivity contribution >= 4 is 46.6 Å². The van der Waals surface area contributed by atoms with Gasteiger partial charge in [-0.3, -0.25) is 0 Å². The van der Waals surface area contributed by atoms with E-state index in [9.17, 15) is 9.50 Å². The molecule has 0 aliphatic carbocycles. The summed E-state index contributed by atoms with van der Waals surface area (Å²) in [5, 5.41) is 17.3. The molecule has 8 heteroatoms. The number of benzene rings is 2. The molecule has 2 aromatic carbocycles. The Morgan fingerprint density at radius 3 is 2.67 bits per heavy atom. The Kier molecular flexibility index (Phi) is 8.96. The van der Waals surface area contributed by atoms with E-state index in [4.69, 9.17) is 4.42 Å². The van der Waals surface area contributed by atoms with Gasteiger partial charge >= 0.3 is 0 Å². The highest BCUT2D eigenvalue weighted by molar-refractivity contribution is 14.0. The molecular formula is C25H32FIN4O2. The minimum absolute atomic E-state index is 0. The van der Waals surface area contributed by atoms with E-state index in [1.54, 1.807) is 6.07 Å². The Labute approximate surface area is 211 Å². The van der Waals surface area contributed by atoms with E-state index < -0.39 is 0 Å². The minimum atomic E-state index is -0.276. The molecule has 0 radical (unpaired) electrons. The van der Waals surface area contributed by atoms with Crippen molar-refractivity contribution in [2.45, 2.75) is 45.4 Å². The number of hydrogen-bond donors (Lipinski definition) is 3. The molecule has 1 atom stereocenters. The molecule has 1 fully saturated rings. The Bertz CT molecular complexity index is 1050. The average molecular weight is 566 g/mol. The van der Waals surface area contributed by atoms with Crippen molar-refractivity contribution in [1.29, 1.82) is 0 Å². The Hall–Kier alpha value is -2.33. The van der Waals surface area contributed by atoms with Gasteiger partial charge in [0.15, 0.2) is 5.96 Å². The number of fused-ring (bicyclic) bond motifs is 1. The maximum absolute atomic E-state index is 14.7. The van der Waals surface area contributed by atoms with Crippen molar-refractivity contribution in [2.24, 2.45) is 4.99 Å². The third-order valence-electron chi connectivity index (χ3n) is 5.81. The average Bonchev–Trinajstić information content (AvgIpc) is 3.23. The zero-order valence-electron chi connectivity index (χ0n) is 19.1. The van der Waals surface area contributed by atoms with Crippen molar-refractivity contribution in [3.05, 3.63) is 65.7 Å². The molecule has 178 valence electrons. The van der Waals surface area contributed by atoms with Gasteiger partial charge in [0, 0.05) is 25.0 Å². The van der Waals surface area contributed by atoms with Gasteiger partial charge in [0.25, 0.3) is 0 Å². The van der Waals surface area contributed by atoms with Crippen molar-refractivity contribution in [1.82, 2.24) is 10.6 Å². The van der Waals surface area contributed by atoms with Crippen LogP contribution in [0.25, 0.3) is 11.0 Å². The lowest BCUT2D eigenvalue weighted by atomic mass is 10.1. The molecule has 1 aromatic heterocycles. The molecule has 1 aliphatic heterocycles. The lowest BCUT2D eigenvalue weighted by Gasteiger charge is -2.31. The number of guanidine groups is 1. The van der Waals surface area contributed by atoms with Crippen LogP contribution in [0.2, 0.25) is 0 Å². The molecule has 1 saturated heterocycles. The summed E-state index contributed by atoms with van der Waals surface area (Å²) in [5.74, 6) is 1.23. The number of rotatable bonds is 6. The van der Waals surface area contributed by atoms with Crippen LogP contribution in [0.5, 0.6) is 0 Å². The number of piperidine rings is 1. The van der Waals surface area contributed by atoms with Crippen LogP contribution in [0.3, 0.4) is 0 Å². The summed E-state index contributed by atoms with van der Waals surface area (Å²) in [6.45, 7) is 6.44. The molecule has 0 saturated carbocycles. The molecule has 0 bridgehead atoms. The van der Waals surface area contributed by atoms with Crippen LogP contribution in [0.4, 0.5) is 10.1 Å². The quantitative estimate of drug-likeness (QED) is 0.224. The van der Waals surface area contributed by atoms with Crippen LogP contribution in [0, 0.1) is 5.82 Å². The summed E-state index contributed by atoms with van der Waals surface area (Å²) in [6, 6.07) is 15.2. The van der Waals surface area contributed by atoms with Gasteiger partial charge in [0.2, 0.25) is 0 Å². The molecule has 0 spiro atoms. The highest BCUT2D eigenvalue weighted by Crippen LogP contribution is 2.25. The Morgan fingerprint density at radius 1 is 1.21 bits per heavy atom. The van der Waals surface area contributed by atoms with Crippen molar-refractivity contribution in [3.8, 4) is 0 Å². The Morgan fingerprint density at radius 2 is 1.97 bits per heavy atom. The van der Waals surface area contributed by atoms with Crippen molar-refractivity contribution < 1.29 is 13.9 Å². The van der Waals surface area contributed by atoms with Gasteiger partial charge in [0.05, 0.1) is 24.4 Å². The predicted molar refractivity (Wildman–Crippen MR) is 142 cm³/mol. The van der Waals surface area contributed by atoms with Gasteiger partial charge in [0.1, 0.15) is 17.2 Å². The first-order valence-corrected chi connectivity index (χ1v) is 11.3. The summed E-state index contributed by atoms with van der Waals surface area (Å²) in [4.78, 5) is 6.63. The number of hydrogen-bond acceptors (Lipinski definition) is 4. The van der Waals surface area contributed by atoms with Gasteiger partial charge in [-0.25, -0.2) is 9.38 Å². The van der Waals surface area contributed by atoms with Gasteiger partial charge in [-0.1, -0.05) is 24.3 Å². The number of anilines is 1. The van der Waals surface area contributed by atoms with Gasteiger partial charge in [-0.2, -0.15) is 0 Å². The third kappa shape index (κ3) is 6.38. The monoisotopic (exact) mass is 566 g/mol. The number of aliphatic hydroxyl groups excluding tert-OH is 1. The van der Waals surface area contributed by atoms with Gasteiger partial charge in [-0.15, -0.1) is 24.0 Å². The van der Waals surface area contributed by atoms with Gasteiger partial charge in [-0.05, 0) is 56.5 Å². The molecule has 0 amide bonds. The van der Waals surface area contributed by atoms with E-state index in [-0.39, 0.29) is 41.9 Å². The molecular weight excluding hydrogens is 534 g/mol. The maximum Gasteiger partial charge on any atom is 0.192 e. The molecule has 3 aromatic rings. The van der Waals surface area contributed by atoms with Gasteiger partial charge < -0.3 is 25.1 Å². The second-order valence-electron chi connectivity index (χ2n) is 8.25. The zero-order chi connectivity index (χ0) is 22.5. The van der Waals surface area contributed by atoms with E-state index in [1.165, 1.54) is 0 Å². The second-order valence-corrected chi connectivity index (χ2v) is 8.25. The summed E-state index contributed by atoms with van der Waals surface area (Å²) < 4.78 is 20.7. The van der Waals surface area contributed by atoms with Crippen LogP contribution in [-0.2, 0) is 6.54 Å². The van der Waals surface area contributed by atoms with Crippen LogP contribution in [0.1, 0.15) is 44.1 Å². The molecule has 6 nitrogen and oxygen atoms in total. The second kappa shape index (κ2) is 11.7. The minimum Gasteiger partial charge on any atom is -0.459 e. The number of para-hydroxylation sites is 1. The molecule has 1 unspecified atom stereocenters. The van der Waals surface area contributed by atoms with Crippen molar-refractivity contribution in [3.63, 3.8) is 0 Å². The predicted octanol–water partition coefficient (Wildman–Crippen LogP) is 4.97. The number of aliphatic imine (C=N–C) groups is 1. The van der Waals surface area contributed by atoms with E-state index in [0.29, 0.717) is 50.7 Å². The number of nitrogens with one attached hydrogen (secondary N) is 2. The highest BCUT2D eigenvalue weighted by Gasteiger charge is 2.20. The molecule has 33 heavy (non-hydrogen) atoms. The third-order valence-corrected chi connectivity index (χ3v) is 5.81. The maximum atomic E-state index is 14.7. The summed E-state index contributed by atoms with van der Waals surface area (Å²) in [7, 11) is 0. The smallest absolute Gasteiger partial charge is 0.192 e. The molecule has 3 N–H and O–H groups in total. The molecule has 4 rings (SSSR count). The zero-order valence-corrected chi connectivity index (χ0v) is 21.4. The largest absolute Gasteiger partial charge is 0.459 e. The van der Waals surface area contributed by atoms with Crippen LogP contribution >= 0.6 is 24.0 Å². The van der Waals surface area contributed by atoms with E-state index in [2.05, 4.69) is 15.6 Å². The lowest BCUT2D eigenvalue weighted by Crippen LogP contribution is -2.38. The number of aliphatic hydroxyl groups is 1. The van der Waals surface area contributed by atoms with Crippen LogP contribution in [0.15, 0.2) is 57.9 Å². The fourth-order valence-corrected chi connectivity index (χ4v) is 3.99. The standard InChI is InChI=1S/C25H31FN4O2.HI/c1-3-27-25(29-17(2)24-15-19-6-4-5-7-23(19)32-24)28-16-18-8-9-22(21(26)14-18)30-12-10-20(31)11-13-30;/h4-9,14-15,17,20,31H,3,10-13,16H2,1-2H3,(H2,27,28,29);1H. The van der Waals surface area contributed by atoms with E-state index in [1.807, 2.05) is 61.2 Å². The summed E-state index contributed by atoms with van der Waals surface area (Å²) >= 11 is 0. The number of furan rings is 1. The SMILES string of the molecule is CCNC(=NCc1ccc(N2CCC(O)CC2)c(F)c1)NC(C)c1cc2ccccc2o1.I. The first-order valence-electron chi connectivity index (χ1n) is 11.3. The highest BCUT2D eigenvalue weighted by atomic mass is 127. The molecule has 1 aliphatic rings. The topological polar surface area (TPSA) is 73.0 Å². The normalized spacial score (nSPS) is 15.9. The Balaban J connectivity index is 0.00000306. The lowest BCUT2D eigenvalue weighted by molar-refractivity contribution is 0.145. The van der Waals surface area contributed by atoms with Crippen molar-refractivity contribution in [2.75, 3.05) is 24.5 Å². The van der Waals surface area contributed by atoms with E-state index in [0.717, 1.165) is 22.3 Å². The number of halogens is 2. The number of nitrogens with zero attached hydrogens (tertiary/aromatic N) is 2.